The Hall–Kier alpha value is -4.76. The molecule has 1 aliphatic rings. The third-order valence-electron chi connectivity index (χ3n) is 10.1. The van der Waals surface area contributed by atoms with Crippen LogP contribution in [0.25, 0.3) is 0 Å². The molecule has 1 heterocycles. The highest BCUT2D eigenvalue weighted by molar-refractivity contribution is 5.90. The molecule has 0 saturated carbocycles. The number of nitrogens with one attached hydrogen (secondary N) is 4. The first-order valence-electron chi connectivity index (χ1n) is 20.6. The summed E-state index contributed by atoms with van der Waals surface area (Å²) in [6.07, 6.45) is 10.4. The van der Waals surface area contributed by atoms with E-state index in [-0.39, 0.29) is 61.1 Å². The number of aliphatic hydroxyl groups excluding tert-OH is 2. The van der Waals surface area contributed by atoms with Gasteiger partial charge in [-0.25, -0.2) is 5.43 Å². The highest BCUT2D eigenvalue weighted by atomic mass is 16.5. The van der Waals surface area contributed by atoms with Gasteiger partial charge in [-0.05, 0) is 71.1 Å². The number of allylic oxidation sites excluding steroid dienone is 4. The zero-order valence-corrected chi connectivity index (χ0v) is 35.9. The van der Waals surface area contributed by atoms with Crippen LogP contribution in [0.15, 0.2) is 78.4 Å². The number of esters is 1. The van der Waals surface area contributed by atoms with Crippen molar-refractivity contribution in [2.24, 2.45) is 17.8 Å². The topological polar surface area (TPSA) is 203 Å². The number of carbonyl (C=O) groups excluding carboxylic acids is 6. The number of hydrazine groups is 1. The van der Waals surface area contributed by atoms with Crippen molar-refractivity contribution in [1.82, 2.24) is 26.4 Å². The summed E-state index contributed by atoms with van der Waals surface area (Å²) in [5.74, 6) is -3.14. The lowest BCUT2D eigenvalue weighted by Crippen LogP contribution is -2.61. The molecule has 0 bridgehead atoms. The van der Waals surface area contributed by atoms with Crippen molar-refractivity contribution in [3.63, 3.8) is 0 Å². The average Bonchev–Trinajstić information content (AvgIpc) is 3.19. The van der Waals surface area contributed by atoms with Crippen LogP contribution in [0.3, 0.4) is 0 Å². The standard InChI is InChI=1S/C45H67N5O9/c1-29(2)41(46-8)43(56)48-37(27-34-18-11-9-12-19-34)44(57)50-26-16-20-36(49-50)45(58)59-39(31(5)17-15-23-40(54)47-30(3)4)22-14-10-13-21-38(53)33(7)42(55)35(28-51)25-24-32(6)52/h9-15,17-19,21,23,28-30,33,35-39,41-42,46,49,53,55H,16,20,22,24-27H2,1-8H3,(H,47,54)(H,48,56)/b14-10+,21-13+,23-15+,31-17+/t33?,35-,36?,37?,38-,39-,41?,42?/m0/s1. The molecule has 3 amide bonds. The number of carbonyl (C=O) groups is 6. The number of amides is 3. The number of ketones is 1. The molecule has 0 aromatic heterocycles. The highest BCUT2D eigenvalue weighted by Crippen LogP contribution is 2.21. The summed E-state index contributed by atoms with van der Waals surface area (Å²) < 4.78 is 6.04. The number of hydrogen-bond acceptors (Lipinski definition) is 11. The van der Waals surface area contributed by atoms with E-state index in [1.807, 2.05) is 58.0 Å². The largest absolute Gasteiger partial charge is 0.456 e. The lowest BCUT2D eigenvalue weighted by atomic mass is 9.86. The normalized spacial score (nSPS) is 18.7. The van der Waals surface area contributed by atoms with Crippen molar-refractivity contribution < 1.29 is 43.7 Å². The molecule has 0 radical (unpaired) electrons. The molecule has 14 heteroatoms. The van der Waals surface area contributed by atoms with Crippen molar-refractivity contribution in [3.8, 4) is 0 Å². The summed E-state index contributed by atoms with van der Waals surface area (Å²) in [6.45, 7) is 12.7. The highest BCUT2D eigenvalue weighted by Gasteiger charge is 2.35. The van der Waals surface area contributed by atoms with Crippen LogP contribution >= 0.6 is 0 Å². The van der Waals surface area contributed by atoms with Gasteiger partial charge < -0.3 is 40.5 Å². The smallest absolute Gasteiger partial charge is 0.325 e. The molecule has 59 heavy (non-hydrogen) atoms. The van der Waals surface area contributed by atoms with Crippen LogP contribution in [0.4, 0.5) is 0 Å². The Labute approximate surface area is 350 Å². The fourth-order valence-electron chi connectivity index (χ4n) is 6.57. The maximum atomic E-state index is 14.0. The zero-order valence-electron chi connectivity index (χ0n) is 35.9. The predicted octanol–water partition coefficient (Wildman–Crippen LogP) is 3.44. The van der Waals surface area contributed by atoms with Crippen LogP contribution in [-0.4, -0.2) is 107 Å². The number of benzene rings is 1. The summed E-state index contributed by atoms with van der Waals surface area (Å²) >= 11 is 0. The van der Waals surface area contributed by atoms with E-state index in [2.05, 4.69) is 21.4 Å². The monoisotopic (exact) mass is 821 g/mol. The number of aldehydes is 1. The van der Waals surface area contributed by atoms with Gasteiger partial charge in [-0.15, -0.1) is 0 Å². The number of nitrogens with zero attached hydrogens (tertiary/aromatic N) is 1. The molecule has 0 aliphatic carbocycles. The average molecular weight is 822 g/mol. The van der Waals surface area contributed by atoms with Gasteiger partial charge in [0.1, 0.15) is 30.3 Å². The minimum Gasteiger partial charge on any atom is -0.456 e. The molecular weight excluding hydrogens is 755 g/mol. The summed E-state index contributed by atoms with van der Waals surface area (Å²) in [7, 11) is 1.70. The molecule has 0 spiro atoms. The van der Waals surface area contributed by atoms with Crippen LogP contribution in [0.5, 0.6) is 0 Å². The van der Waals surface area contributed by atoms with E-state index in [0.717, 1.165) is 5.56 Å². The van der Waals surface area contributed by atoms with Gasteiger partial charge in [0.05, 0.1) is 18.2 Å². The van der Waals surface area contributed by atoms with Gasteiger partial charge in [0.25, 0.3) is 5.91 Å². The first kappa shape index (κ1) is 50.4. The van der Waals surface area contributed by atoms with E-state index in [1.54, 1.807) is 51.3 Å². The molecule has 6 N–H and O–H groups in total. The van der Waals surface area contributed by atoms with Crippen LogP contribution in [0.1, 0.15) is 86.1 Å². The number of aliphatic hydroxyl groups is 2. The van der Waals surface area contributed by atoms with Gasteiger partial charge in [-0.3, -0.25) is 24.2 Å². The van der Waals surface area contributed by atoms with Gasteiger partial charge in [-0.2, -0.15) is 0 Å². The lowest BCUT2D eigenvalue weighted by molar-refractivity contribution is -0.156. The number of Topliss-reactive ketones (excluding diaryl/α,β-unsaturated/α-hetero) is 1. The van der Waals surface area contributed by atoms with Crippen LogP contribution < -0.4 is 21.4 Å². The van der Waals surface area contributed by atoms with E-state index >= 15 is 0 Å². The van der Waals surface area contributed by atoms with Crippen LogP contribution in [0, 0.1) is 17.8 Å². The summed E-state index contributed by atoms with van der Waals surface area (Å²) in [5.41, 5.74) is 4.56. The SMILES string of the molecule is CNC(C(=O)NC(Cc1ccccc1)C(=O)N1CCCC(C(=O)O[C@@H](C/C=C/C=C/[C@H](O)C(C)C(O)[C@H](C=O)CCC(C)=O)/C(C)=C/C=C/C(=O)NC(C)C)N1)C(C)C. The fraction of sp³-hybridized carbons (Fsp3) is 0.556. The Morgan fingerprint density at radius 2 is 1.68 bits per heavy atom. The summed E-state index contributed by atoms with van der Waals surface area (Å²) in [6, 6.07) is 7.06. The van der Waals surface area contributed by atoms with Gasteiger partial charge >= 0.3 is 5.97 Å². The van der Waals surface area contributed by atoms with E-state index in [1.165, 1.54) is 24.1 Å². The minimum absolute atomic E-state index is 0.0228. The molecule has 14 nitrogen and oxygen atoms in total. The van der Waals surface area contributed by atoms with Crippen molar-refractivity contribution >= 4 is 35.8 Å². The molecule has 326 valence electrons. The second-order valence-electron chi connectivity index (χ2n) is 15.9. The van der Waals surface area contributed by atoms with E-state index in [9.17, 15) is 39.0 Å². The zero-order chi connectivity index (χ0) is 44.1. The molecule has 1 saturated heterocycles. The predicted molar refractivity (Wildman–Crippen MR) is 227 cm³/mol. The Morgan fingerprint density at radius 1 is 0.983 bits per heavy atom. The van der Waals surface area contributed by atoms with Crippen LogP contribution in [0.2, 0.25) is 0 Å². The van der Waals surface area contributed by atoms with Crippen molar-refractivity contribution in [2.75, 3.05) is 13.6 Å². The fourth-order valence-corrected chi connectivity index (χ4v) is 6.57. The second kappa shape index (κ2) is 26.4. The molecular formula is C45H67N5O9. The van der Waals surface area contributed by atoms with Crippen molar-refractivity contribution in [3.05, 3.63) is 84.0 Å². The quantitative estimate of drug-likeness (QED) is 0.0386. The maximum absolute atomic E-state index is 14.0. The second-order valence-corrected chi connectivity index (χ2v) is 15.9. The first-order valence-corrected chi connectivity index (χ1v) is 20.6. The molecule has 5 unspecified atom stereocenters. The van der Waals surface area contributed by atoms with E-state index < -0.39 is 54.2 Å². The van der Waals surface area contributed by atoms with Gasteiger partial charge in [-0.1, -0.05) is 87.6 Å². The molecule has 1 fully saturated rings. The van der Waals surface area contributed by atoms with Crippen molar-refractivity contribution in [1.29, 1.82) is 0 Å². The summed E-state index contributed by atoms with van der Waals surface area (Å²) in [4.78, 5) is 76.2. The Bertz CT molecular complexity index is 1640. The maximum Gasteiger partial charge on any atom is 0.325 e. The molecule has 1 aliphatic heterocycles. The number of rotatable bonds is 24. The minimum atomic E-state index is -1.15. The number of hydrogen-bond donors (Lipinski definition) is 6. The Kier molecular flexibility index (Phi) is 22.5. The van der Waals surface area contributed by atoms with Crippen LogP contribution in [-0.2, 0) is 39.9 Å². The van der Waals surface area contributed by atoms with Gasteiger partial charge in [0, 0.05) is 49.8 Å². The lowest BCUT2D eigenvalue weighted by Gasteiger charge is -2.36. The first-order chi connectivity index (χ1) is 28.0. The van der Waals surface area contributed by atoms with E-state index in [0.29, 0.717) is 31.2 Å². The van der Waals surface area contributed by atoms with Crippen molar-refractivity contribution in [2.45, 2.75) is 129 Å². The van der Waals surface area contributed by atoms with Gasteiger partial charge in [0.2, 0.25) is 11.8 Å². The summed E-state index contributed by atoms with van der Waals surface area (Å²) in [5, 5.41) is 31.5. The third kappa shape index (κ3) is 18.0. The van der Waals surface area contributed by atoms with E-state index in [4.69, 9.17) is 4.74 Å². The molecule has 8 atom stereocenters. The molecule has 1 aromatic carbocycles. The number of ether oxygens (including phenoxy) is 1. The molecule has 2 rings (SSSR count). The Balaban J connectivity index is 2.24. The Morgan fingerprint density at radius 3 is 2.29 bits per heavy atom. The third-order valence-corrected chi connectivity index (χ3v) is 10.1. The number of likely N-dealkylation sites (N-methyl/N-ethyl adjacent to an activating group) is 1. The molecule has 1 aromatic rings. The van der Waals surface area contributed by atoms with Gasteiger partial charge in [0.15, 0.2) is 0 Å².